The molecule has 0 bridgehead atoms. The normalized spacial score (nSPS) is 12.5. The highest BCUT2D eigenvalue weighted by molar-refractivity contribution is 9.10. The molecule has 14 heavy (non-hydrogen) atoms. The molecular formula is C9H8BrClO3. The summed E-state index contributed by atoms with van der Waals surface area (Å²) in [5.41, 5.74) is 0.413. The highest BCUT2D eigenvalue weighted by atomic mass is 79.9. The van der Waals surface area contributed by atoms with Gasteiger partial charge in [0.25, 0.3) is 0 Å². The van der Waals surface area contributed by atoms with Gasteiger partial charge in [-0.1, -0.05) is 33.6 Å². The molecule has 5 heteroatoms. The first kappa shape index (κ1) is 11.5. The zero-order valence-electron chi connectivity index (χ0n) is 7.08. The molecule has 0 unspecified atom stereocenters. The molecule has 0 heterocycles. The molecule has 0 saturated heterocycles. The summed E-state index contributed by atoms with van der Waals surface area (Å²) in [6.45, 7) is 0. The molecule has 1 atom stereocenters. The summed E-state index contributed by atoms with van der Waals surface area (Å²) in [4.78, 5) is 10.4. The van der Waals surface area contributed by atoms with E-state index in [-0.39, 0.29) is 6.42 Å². The largest absolute Gasteiger partial charge is 0.481 e. The molecule has 0 radical (unpaired) electrons. The Balaban J connectivity index is 2.99. The summed E-state index contributed by atoms with van der Waals surface area (Å²) in [6.07, 6.45) is -1.45. The standard InChI is InChI=1S/C9H8BrClO3/c10-5-2-1-3-6(11)9(5)7(12)4-8(13)14/h1-3,7,12H,4H2,(H,13,14)/t7-/m0/s1. The molecule has 0 aromatic heterocycles. The third-order valence-corrected chi connectivity index (χ3v) is 2.72. The van der Waals surface area contributed by atoms with Crippen molar-refractivity contribution in [2.45, 2.75) is 12.5 Å². The molecule has 0 fully saturated rings. The SMILES string of the molecule is O=C(O)C[C@H](O)c1c(Cl)cccc1Br. The molecule has 0 spiro atoms. The Morgan fingerprint density at radius 3 is 2.71 bits per heavy atom. The van der Waals surface area contributed by atoms with Gasteiger partial charge in [-0.3, -0.25) is 4.79 Å². The van der Waals surface area contributed by atoms with E-state index in [9.17, 15) is 9.90 Å². The van der Waals surface area contributed by atoms with Crippen molar-refractivity contribution in [3.63, 3.8) is 0 Å². The molecule has 0 saturated carbocycles. The van der Waals surface area contributed by atoms with Crippen LogP contribution in [0.15, 0.2) is 22.7 Å². The van der Waals surface area contributed by atoms with Crippen LogP contribution in [0.1, 0.15) is 18.1 Å². The van der Waals surface area contributed by atoms with Crippen LogP contribution in [0.5, 0.6) is 0 Å². The van der Waals surface area contributed by atoms with Gasteiger partial charge >= 0.3 is 5.97 Å². The second kappa shape index (κ2) is 4.77. The fraction of sp³-hybridized carbons (Fsp3) is 0.222. The highest BCUT2D eigenvalue weighted by Gasteiger charge is 2.17. The smallest absolute Gasteiger partial charge is 0.306 e. The first-order valence-electron chi connectivity index (χ1n) is 3.86. The van der Waals surface area contributed by atoms with E-state index in [1.165, 1.54) is 0 Å². The third kappa shape index (κ3) is 2.70. The molecule has 3 nitrogen and oxygen atoms in total. The lowest BCUT2D eigenvalue weighted by molar-refractivity contribution is -0.139. The van der Waals surface area contributed by atoms with Crippen LogP contribution in [0.2, 0.25) is 5.02 Å². The van der Waals surface area contributed by atoms with Gasteiger partial charge in [0, 0.05) is 15.1 Å². The van der Waals surface area contributed by atoms with Crippen molar-refractivity contribution in [1.29, 1.82) is 0 Å². The maximum atomic E-state index is 10.4. The van der Waals surface area contributed by atoms with E-state index in [0.29, 0.717) is 15.1 Å². The second-order valence-corrected chi connectivity index (χ2v) is 4.01. The Labute approximate surface area is 94.4 Å². The zero-order chi connectivity index (χ0) is 10.7. The average molecular weight is 280 g/mol. The topological polar surface area (TPSA) is 57.5 Å². The minimum absolute atomic E-state index is 0.355. The lowest BCUT2D eigenvalue weighted by atomic mass is 10.1. The van der Waals surface area contributed by atoms with Crippen LogP contribution < -0.4 is 0 Å². The molecule has 1 aromatic carbocycles. The number of aliphatic hydroxyl groups is 1. The molecule has 0 aliphatic rings. The maximum Gasteiger partial charge on any atom is 0.306 e. The summed E-state index contributed by atoms with van der Waals surface area (Å²) in [5.74, 6) is -1.07. The fourth-order valence-electron chi connectivity index (χ4n) is 1.10. The lowest BCUT2D eigenvalue weighted by Gasteiger charge is -2.12. The summed E-state index contributed by atoms with van der Waals surface area (Å²) in [6, 6.07) is 5.02. The molecule has 1 rings (SSSR count). The number of aliphatic hydroxyl groups excluding tert-OH is 1. The predicted octanol–water partition coefficient (Wildman–Crippen LogP) is 2.61. The van der Waals surface area contributed by atoms with Crippen LogP contribution in [0, 0.1) is 0 Å². The van der Waals surface area contributed by atoms with Gasteiger partial charge in [0.05, 0.1) is 12.5 Å². The Kier molecular flexibility index (Phi) is 3.92. The molecule has 2 N–H and O–H groups in total. The minimum atomic E-state index is -1.09. The number of benzene rings is 1. The van der Waals surface area contributed by atoms with Crippen LogP contribution in [0.3, 0.4) is 0 Å². The van der Waals surface area contributed by atoms with E-state index in [1.54, 1.807) is 18.2 Å². The molecule has 76 valence electrons. The zero-order valence-corrected chi connectivity index (χ0v) is 9.42. The van der Waals surface area contributed by atoms with Gasteiger partial charge in [0.15, 0.2) is 0 Å². The monoisotopic (exact) mass is 278 g/mol. The number of carboxylic acids is 1. The molecule has 0 aliphatic carbocycles. The number of hydrogen-bond donors (Lipinski definition) is 2. The van der Waals surface area contributed by atoms with Crippen LogP contribution in [-0.2, 0) is 4.79 Å². The average Bonchev–Trinajstić information content (AvgIpc) is 2.01. The van der Waals surface area contributed by atoms with Gasteiger partial charge in [0.2, 0.25) is 0 Å². The summed E-state index contributed by atoms with van der Waals surface area (Å²) < 4.78 is 0.610. The van der Waals surface area contributed by atoms with Crippen molar-refractivity contribution in [3.8, 4) is 0 Å². The summed E-state index contributed by atoms with van der Waals surface area (Å²) >= 11 is 9.03. The van der Waals surface area contributed by atoms with Gasteiger partial charge in [-0.15, -0.1) is 0 Å². The van der Waals surface area contributed by atoms with Crippen molar-refractivity contribution in [2.75, 3.05) is 0 Å². The molecule has 0 aliphatic heterocycles. The maximum absolute atomic E-state index is 10.4. The van der Waals surface area contributed by atoms with Gasteiger partial charge < -0.3 is 10.2 Å². The van der Waals surface area contributed by atoms with Crippen LogP contribution >= 0.6 is 27.5 Å². The van der Waals surface area contributed by atoms with Gasteiger partial charge in [0.1, 0.15) is 0 Å². The number of halogens is 2. The van der Waals surface area contributed by atoms with Gasteiger partial charge in [-0.25, -0.2) is 0 Å². The quantitative estimate of drug-likeness (QED) is 0.894. The highest BCUT2D eigenvalue weighted by Crippen LogP contribution is 2.31. The number of carbonyl (C=O) groups is 1. The summed E-state index contributed by atoms with van der Waals surface area (Å²) in [7, 11) is 0. The number of aliphatic carboxylic acids is 1. The van der Waals surface area contributed by atoms with Crippen LogP contribution in [0.25, 0.3) is 0 Å². The summed E-state index contributed by atoms with van der Waals surface area (Å²) in [5, 5.41) is 18.4. The number of hydrogen-bond acceptors (Lipinski definition) is 2. The van der Waals surface area contributed by atoms with Crippen molar-refractivity contribution < 1.29 is 15.0 Å². The van der Waals surface area contributed by atoms with Crippen molar-refractivity contribution in [2.24, 2.45) is 0 Å². The first-order chi connectivity index (χ1) is 6.52. The van der Waals surface area contributed by atoms with Crippen molar-refractivity contribution >= 4 is 33.5 Å². The van der Waals surface area contributed by atoms with E-state index in [0.717, 1.165) is 0 Å². The Hall–Kier alpha value is -0.580. The number of carboxylic acid groups (broad SMARTS) is 1. The van der Waals surface area contributed by atoms with E-state index in [4.69, 9.17) is 16.7 Å². The minimum Gasteiger partial charge on any atom is -0.481 e. The molecular weight excluding hydrogens is 271 g/mol. The number of rotatable bonds is 3. The van der Waals surface area contributed by atoms with Crippen LogP contribution in [0.4, 0.5) is 0 Å². The van der Waals surface area contributed by atoms with Crippen molar-refractivity contribution in [1.82, 2.24) is 0 Å². The second-order valence-electron chi connectivity index (χ2n) is 2.75. The van der Waals surface area contributed by atoms with E-state index >= 15 is 0 Å². The lowest BCUT2D eigenvalue weighted by Crippen LogP contribution is -2.06. The van der Waals surface area contributed by atoms with E-state index in [1.807, 2.05) is 0 Å². The van der Waals surface area contributed by atoms with E-state index < -0.39 is 12.1 Å². The van der Waals surface area contributed by atoms with Crippen molar-refractivity contribution in [3.05, 3.63) is 33.3 Å². The van der Waals surface area contributed by atoms with Gasteiger partial charge in [-0.05, 0) is 12.1 Å². The Bertz CT molecular complexity index is 334. The first-order valence-corrected chi connectivity index (χ1v) is 5.03. The third-order valence-electron chi connectivity index (χ3n) is 1.70. The fourth-order valence-corrected chi connectivity index (χ4v) is 2.14. The molecule has 1 aromatic rings. The Morgan fingerprint density at radius 1 is 1.57 bits per heavy atom. The predicted molar refractivity (Wildman–Crippen MR) is 56.4 cm³/mol. The van der Waals surface area contributed by atoms with Crippen LogP contribution in [-0.4, -0.2) is 16.2 Å². The molecule has 0 amide bonds. The Morgan fingerprint density at radius 2 is 2.21 bits per heavy atom. The van der Waals surface area contributed by atoms with Gasteiger partial charge in [-0.2, -0.15) is 0 Å². The van der Waals surface area contributed by atoms with E-state index in [2.05, 4.69) is 15.9 Å².